The summed E-state index contributed by atoms with van der Waals surface area (Å²) in [5, 5.41) is 8.87. The minimum atomic E-state index is -4.42. The van der Waals surface area contributed by atoms with Crippen LogP contribution in [0.1, 0.15) is 28.4 Å². The topological polar surface area (TPSA) is 74.8 Å². The van der Waals surface area contributed by atoms with Gasteiger partial charge in [0.15, 0.2) is 5.96 Å². The summed E-state index contributed by atoms with van der Waals surface area (Å²) in [7, 11) is 1.61. The maximum absolute atomic E-state index is 12.6. The third-order valence-corrected chi connectivity index (χ3v) is 4.10. The maximum Gasteiger partial charge on any atom is 0.416 e. The average Bonchev–Trinajstić information content (AvgIpc) is 2.74. The van der Waals surface area contributed by atoms with Crippen molar-refractivity contribution in [3.63, 3.8) is 0 Å². The van der Waals surface area contributed by atoms with Crippen LogP contribution in [0.3, 0.4) is 0 Å². The minimum Gasteiger partial charge on any atom is -0.497 e. The molecule has 6 nitrogen and oxygen atoms in total. The molecule has 0 spiro atoms. The first-order chi connectivity index (χ1) is 14.3. The second kappa shape index (κ2) is 13.0. The molecule has 1 amide bonds. The van der Waals surface area contributed by atoms with Crippen molar-refractivity contribution in [2.24, 2.45) is 4.99 Å². The number of carbonyl (C=O) groups excluding carboxylic acids is 1. The SMILES string of the molecule is CCNC(=NCc1ccc(OC)cc1)NCCNC(=O)c1ccc(C(F)(F)F)cc1.I. The number of halogens is 4. The van der Waals surface area contributed by atoms with Gasteiger partial charge in [0.05, 0.1) is 19.2 Å². The van der Waals surface area contributed by atoms with Gasteiger partial charge in [-0.05, 0) is 48.9 Å². The molecule has 10 heteroatoms. The molecule has 0 fully saturated rings. The standard InChI is InChI=1S/C21H25F3N4O2.HI/c1-3-25-20(28-14-15-4-10-18(30-2)11-5-15)27-13-12-26-19(29)16-6-8-17(9-7-16)21(22,23)24;/h4-11H,3,12-14H2,1-2H3,(H,26,29)(H2,25,27,28);1H. The summed E-state index contributed by atoms with van der Waals surface area (Å²) in [5.74, 6) is 0.930. The quantitative estimate of drug-likeness (QED) is 0.202. The lowest BCUT2D eigenvalue weighted by Gasteiger charge is -2.12. The first kappa shape index (κ1) is 26.5. The summed E-state index contributed by atoms with van der Waals surface area (Å²) in [6.45, 7) is 3.77. The van der Waals surface area contributed by atoms with Gasteiger partial charge in [-0.3, -0.25) is 4.79 Å². The van der Waals surface area contributed by atoms with Gasteiger partial charge < -0.3 is 20.7 Å². The van der Waals surface area contributed by atoms with Crippen LogP contribution in [0.25, 0.3) is 0 Å². The Morgan fingerprint density at radius 3 is 2.13 bits per heavy atom. The molecule has 0 bridgehead atoms. The van der Waals surface area contributed by atoms with Crippen molar-refractivity contribution in [2.45, 2.75) is 19.6 Å². The third-order valence-electron chi connectivity index (χ3n) is 4.10. The number of guanidine groups is 1. The zero-order chi connectivity index (χ0) is 22.0. The molecule has 0 aliphatic rings. The van der Waals surface area contributed by atoms with Crippen molar-refractivity contribution in [3.8, 4) is 5.75 Å². The number of hydrogen-bond donors (Lipinski definition) is 3. The monoisotopic (exact) mass is 550 g/mol. The zero-order valence-corrected chi connectivity index (χ0v) is 19.6. The fraction of sp³-hybridized carbons (Fsp3) is 0.333. The number of hydrogen-bond acceptors (Lipinski definition) is 3. The van der Waals surface area contributed by atoms with E-state index in [1.807, 2.05) is 31.2 Å². The molecule has 0 radical (unpaired) electrons. The highest BCUT2D eigenvalue weighted by Gasteiger charge is 2.30. The summed E-state index contributed by atoms with van der Waals surface area (Å²) in [4.78, 5) is 16.5. The summed E-state index contributed by atoms with van der Waals surface area (Å²) in [6.07, 6.45) is -4.42. The number of ether oxygens (including phenoxy) is 1. The summed E-state index contributed by atoms with van der Waals surface area (Å²) in [5.41, 5.74) is 0.399. The van der Waals surface area contributed by atoms with Crippen LogP contribution in [-0.2, 0) is 12.7 Å². The van der Waals surface area contributed by atoms with Gasteiger partial charge in [-0.2, -0.15) is 13.2 Å². The molecular formula is C21H26F3IN4O2. The molecule has 2 aromatic carbocycles. The van der Waals surface area contributed by atoms with Crippen molar-refractivity contribution >= 4 is 35.8 Å². The van der Waals surface area contributed by atoms with Crippen molar-refractivity contribution in [1.29, 1.82) is 0 Å². The Hall–Kier alpha value is -2.50. The van der Waals surface area contributed by atoms with Crippen LogP contribution in [0.4, 0.5) is 13.2 Å². The predicted octanol–water partition coefficient (Wildman–Crippen LogP) is 3.82. The smallest absolute Gasteiger partial charge is 0.416 e. The lowest BCUT2D eigenvalue weighted by Crippen LogP contribution is -2.41. The number of aliphatic imine (C=N–C) groups is 1. The van der Waals surface area contributed by atoms with E-state index in [2.05, 4.69) is 20.9 Å². The lowest BCUT2D eigenvalue weighted by molar-refractivity contribution is -0.137. The van der Waals surface area contributed by atoms with Gasteiger partial charge in [0.25, 0.3) is 5.91 Å². The van der Waals surface area contributed by atoms with Crippen LogP contribution in [-0.4, -0.2) is 38.6 Å². The van der Waals surface area contributed by atoms with Crippen LogP contribution < -0.4 is 20.7 Å². The highest BCUT2D eigenvalue weighted by Crippen LogP contribution is 2.29. The summed E-state index contributed by atoms with van der Waals surface area (Å²) in [6, 6.07) is 11.7. The second-order valence-electron chi connectivity index (χ2n) is 6.30. The highest BCUT2D eigenvalue weighted by molar-refractivity contribution is 14.0. The largest absolute Gasteiger partial charge is 0.497 e. The molecule has 0 aliphatic carbocycles. The number of benzene rings is 2. The van der Waals surface area contributed by atoms with E-state index in [-0.39, 0.29) is 36.1 Å². The number of nitrogens with zero attached hydrogens (tertiary/aromatic N) is 1. The van der Waals surface area contributed by atoms with E-state index in [1.54, 1.807) is 7.11 Å². The van der Waals surface area contributed by atoms with Crippen LogP contribution in [0.2, 0.25) is 0 Å². The molecule has 0 saturated heterocycles. The van der Waals surface area contributed by atoms with E-state index in [1.165, 1.54) is 0 Å². The van der Waals surface area contributed by atoms with Crippen LogP contribution in [0, 0.1) is 0 Å². The fourth-order valence-corrected chi connectivity index (χ4v) is 2.51. The van der Waals surface area contributed by atoms with Gasteiger partial charge in [0, 0.05) is 25.2 Å². The Kier molecular flexibility index (Phi) is 11.2. The number of carbonyl (C=O) groups is 1. The van der Waals surface area contributed by atoms with Crippen molar-refractivity contribution in [1.82, 2.24) is 16.0 Å². The van der Waals surface area contributed by atoms with Crippen molar-refractivity contribution < 1.29 is 22.7 Å². The van der Waals surface area contributed by atoms with E-state index >= 15 is 0 Å². The van der Waals surface area contributed by atoms with E-state index in [4.69, 9.17) is 4.74 Å². The van der Waals surface area contributed by atoms with Gasteiger partial charge in [0.2, 0.25) is 0 Å². The Morgan fingerprint density at radius 2 is 1.58 bits per heavy atom. The maximum atomic E-state index is 12.6. The molecule has 3 N–H and O–H groups in total. The van der Waals surface area contributed by atoms with E-state index in [9.17, 15) is 18.0 Å². The van der Waals surface area contributed by atoms with E-state index < -0.39 is 17.6 Å². The van der Waals surface area contributed by atoms with E-state index in [0.29, 0.717) is 25.6 Å². The van der Waals surface area contributed by atoms with E-state index in [0.717, 1.165) is 35.6 Å². The fourth-order valence-electron chi connectivity index (χ4n) is 2.51. The molecule has 0 saturated carbocycles. The number of alkyl halides is 3. The Bertz CT molecular complexity index is 841. The number of rotatable bonds is 8. The third kappa shape index (κ3) is 9.03. The molecule has 31 heavy (non-hydrogen) atoms. The molecule has 2 aromatic rings. The van der Waals surface area contributed by atoms with Gasteiger partial charge in [-0.1, -0.05) is 12.1 Å². The van der Waals surface area contributed by atoms with Crippen molar-refractivity contribution in [3.05, 3.63) is 65.2 Å². The van der Waals surface area contributed by atoms with Crippen molar-refractivity contribution in [2.75, 3.05) is 26.7 Å². The van der Waals surface area contributed by atoms with Crippen LogP contribution in [0.15, 0.2) is 53.5 Å². The van der Waals surface area contributed by atoms with Crippen LogP contribution in [0.5, 0.6) is 5.75 Å². The summed E-state index contributed by atoms with van der Waals surface area (Å²) < 4.78 is 42.9. The Labute approximate surface area is 196 Å². The Morgan fingerprint density at radius 1 is 0.968 bits per heavy atom. The van der Waals surface area contributed by atoms with Gasteiger partial charge in [-0.15, -0.1) is 24.0 Å². The first-order valence-corrected chi connectivity index (χ1v) is 9.44. The number of nitrogens with one attached hydrogen (secondary N) is 3. The molecular weight excluding hydrogens is 524 g/mol. The zero-order valence-electron chi connectivity index (χ0n) is 17.3. The first-order valence-electron chi connectivity index (χ1n) is 9.44. The normalized spacial score (nSPS) is 11.3. The van der Waals surface area contributed by atoms with Gasteiger partial charge >= 0.3 is 6.18 Å². The molecule has 2 rings (SSSR count). The molecule has 170 valence electrons. The second-order valence-corrected chi connectivity index (χ2v) is 6.30. The Balaban J connectivity index is 0.00000480. The van der Waals surface area contributed by atoms with Crippen LogP contribution >= 0.6 is 24.0 Å². The highest BCUT2D eigenvalue weighted by atomic mass is 127. The van der Waals surface area contributed by atoms with Gasteiger partial charge in [0.1, 0.15) is 5.75 Å². The molecule has 0 unspecified atom stereocenters. The molecule has 0 atom stereocenters. The lowest BCUT2D eigenvalue weighted by atomic mass is 10.1. The van der Waals surface area contributed by atoms with Gasteiger partial charge in [-0.25, -0.2) is 4.99 Å². The minimum absolute atomic E-state index is 0. The molecule has 0 aliphatic heterocycles. The average molecular weight is 550 g/mol. The number of methoxy groups -OCH3 is 1. The molecule has 0 aromatic heterocycles. The number of amides is 1. The predicted molar refractivity (Wildman–Crippen MR) is 125 cm³/mol. The molecule has 0 heterocycles. The summed E-state index contributed by atoms with van der Waals surface area (Å²) >= 11 is 0.